The van der Waals surface area contributed by atoms with E-state index >= 15 is 0 Å². The Labute approximate surface area is 77.2 Å². The number of hydrogen-bond acceptors (Lipinski definition) is 1. The van der Waals surface area contributed by atoms with Gasteiger partial charge in [-0.25, -0.2) is 0 Å². The first-order valence-electron chi connectivity index (χ1n) is 4.74. The van der Waals surface area contributed by atoms with E-state index < -0.39 is 0 Å². The van der Waals surface area contributed by atoms with Crippen LogP contribution in [0.3, 0.4) is 0 Å². The second kappa shape index (κ2) is 3.97. The van der Waals surface area contributed by atoms with Crippen LogP contribution in [0.5, 0.6) is 0 Å². The molecule has 0 bridgehead atoms. The standard InChI is InChI=1S/C11H23N/c1-8(2)11(6,7)10(5)12-9(3)4/h8-9,12H,5H2,1-4,6-7H3. The van der Waals surface area contributed by atoms with Crippen molar-refractivity contribution in [2.45, 2.75) is 47.6 Å². The van der Waals surface area contributed by atoms with E-state index in [9.17, 15) is 0 Å². The maximum absolute atomic E-state index is 4.08. The molecule has 0 aromatic heterocycles. The Kier molecular flexibility index (Phi) is 3.82. The summed E-state index contributed by atoms with van der Waals surface area (Å²) in [5.41, 5.74) is 1.33. The van der Waals surface area contributed by atoms with Crippen LogP contribution in [0.25, 0.3) is 0 Å². The van der Waals surface area contributed by atoms with Crippen LogP contribution in [0.2, 0.25) is 0 Å². The molecule has 0 unspecified atom stereocenters. The molecule has 12 heavy (non-hydrogen) atoms. The molecule has 0 atom stereocenters. The highest BCUT2D eigenvalue weighted by atomic mass is 14.9. The van der Waals surface area contributed by atoms with Gasteiger partial charge in [0, 0.05) is 17.2 Å². The third-order valence-electron chi connectivity index (χ3n) is 2.68. The number of rotatable bonds is 4. The topological polar surface area (TPSA) is 12.0 Å². The molecule has 0 spiro atoms. The minimum absolute atomic E-state index is 0.185. The van der Waals surface area contributed by atoms with Crippen LogP contribution >= 0.6 is 0 Å². The fraction of sp³-hybridized carbons (Fsp3) is 0.818. The molecule has 1 heteroatoms. The molecule has 0 radical (unpaired) electrons. The van der Waals surface area contributed by atoms with Gasteiger partial charge < -0.3 is 5.32 Å². The molecule has 1 nitrogen and oxygen atoms in total. The van der Waals surface area contributed by atoms with Crippen molar-refractivity contribution in [2.75, 3.05) is 0 Å². The van der Waals surface area contributed by atoms with Gasteiger partial charge in [-0.15, -0.1) is 0 Å². The molecule has 1 N–H and O–H groups in total. The fourth-order valence-corrected chi connectivity index (χ4v) is 0.883. The lowest BCUT2D eigenvalue weighted by atomic mass is 9.78. The second-order valence-electron chi connectivity index (χ2n) is 4.65. The van der Waals surface area contributed by atoms with Gasteiger partial charge in [0.1, 0.15) is 0 Å². The number of nitrogens with one attached hydrogen (secondary N) is 1. The predicted molar refractivity (Wildman–Crippen MR) is 56.0 cm³/mol. The highest BCUT2D eigenvalue weighted by Crippen LogP contribution is 2.31. The molecular weight excluding hydrogens is 146 g/mol. The van der Waals surface area contributed by atoms with E-state index in [0.29, 0.717) is 12.0 Å². The van der Waals surface area contributed by atoms with E-state index in [0.717, 1.165) is 5.70 Å². The monoisotopic (exact) mass is 169 g/mol. The summed E-state index contributed by atoms with van der Waals surface area (Å²) >= 11 is 0. The summed E-state index contributed by atoms with van der Waals surface area (Å²) < 4.78 is 0. The van der Waals surface area contributed by atoms with Gasteiger partial charge in [0.05, 0.1) is 0 Å². The molecule has 0 heterocycles. The molecule has 0 aromatic carbocycles. The summed E-state index contributed by atoms with van der Waals surface area (Å²) in [7, 11) is 0. The smallest absolute Gasteiger partial charge is 0.0201 e. The quantitative estimate of drug-likeness (QED) is 0.681. The SMILES string of the molecule is C=C(NC(C)C)C(C)(C)C(C)C. The minimum atomic E-state index is 0.185. The normalized spacial score (nSPS) is 12.3. The molecule has 0 aliphatic carbocycles. The Morgan fingerprint density at radius 2 is 1.58 bits per heavy atom. The first kappa shape index (κ1) is 11.5. The Hall–Kier alpha value is -0.460. The van der Waals surface area contributed by atoms with Crippen molar-refractivity contribution in [2.24, 2.45) is 11.3 Å². The fourth-order valence-electron chi connectivity index (χ4n) is 0.883. The zero-order valence-electron chi connectivity index (χ0n) is 9.36. The first-order valence-corrected chi connectivity index (χ1v) is 4.74. The van der Waals surface area contributed by atoms with Crippen molar-refractivity contribution in [1.29, 1.82) is 0 Å². The molecular formula is C11H23N. The Morgan fingerprint density at radius 3 is 1.83 bits per heavy atom. The van der Waals surface area contributed by atoms with Gasteiger partial charge in [-0.2, -0.15) is 0 Å². The van der Waals surface area contributed by atoms with E-state index in [1.54, 1.807) is 0 Å². The van der Waals surface area contributed by atoms with Crippen LogP contribution in [0.4, 0.5) is 0 Å². The Balaban J connectivity index is 4.26. The molecule has 0 aliphatic heterocycles. The summed E-state index contributed by atoms with van der Waals surface area (Å²) in [6.45, 7) is 17.3. The lowest BCUT2D eigenvalue weighted by Crippen LogP contribution is -2.33. The van der Waals surface area contributed by atoms with Crippen LogP contribution in [0, 0.1) is 11.3 Å². The average Bonchev–Trinajstić information content (AvgIpc) is 1.85. The van der Waals surface area contributed by atoms with E-state index in [1.165, 1.54) is 0 Å². The predicted octanol–water partition coefficient (Wildman–Crippen LogP) is 3.18. The van der Waals surface area contributed by atoms with E-state index in [2.05, 4.69) is 53.4 Å². The van der Waals surface area contributed by atoms with Crippen LogP contribution in [-0.2, 0) is 0 Å². The molecule has 0 amide bonds. The first-order chi connectivity index (χ1) is 5.28. The minimum Gasteiger partial charge on any atom is -0.386 e. The van der Waals surface area contributed by atoms with Crippen LogP contribution in [-0.4, -0.2) is 6.04 Å². The summed E-state index contributed by atoms with van der Waals surface area (Å²) in [6.07, 6.45) is 0. The molecule has 0 saturated heterocycles. The summed E-state index contributed by atoms with van der Waals surface area (Å²) in [4.78, 5) is 0. The van der Waals surface area contributed by atoms with Crippen LogP contribution in [0.15, 0.2) is 12.3 Å². The van der Waals surface area contributed by atoms with Gasteiger partial charge in [0.2, 0.25) is 0 Å². The van der Waals surface area contributed by atoms with E-state index in [-0.39, 0.29) is 5.41 Å². The maximum Gasteiger partial charge on any atom is 0.0201 e. The summed E-state index contributed by atoms with van der Waals surface area (Å²) in [5.74, 6) is 0.622. The lowest BCUT2D eigenvalue weighted by molar-refractivity contribution is 0.287. The van der Waals surface area contributed by atoms with E-state index in [1.807, 2.05) is 0 Å². The highest BCUT2D eigenvalue weighted by molar-refractivity contribution is 5.06. The molecule has 0 saturated carbocycles. The van der Waals surface area contributed by atoms with Crippen molar-refractivity contribution in [1.82, 2.24) is 5.32 Å². The Bertz CT molecular complexity index is 154. The largest absolute Gasteiger partial charge is 0.386 e. The average molecular weight is 169 g/mol. The van der Waals surface area contributed by atoms with Crippen molar-refractivity contribution in [3.8, 4) is 0 Å². The summed E-state index contributed by atoms with van der Waals surface area (Å²) in [6, 6.07) is 0.482. The lowest BCUT2D eigenvalue weighted by Gasteiger charge is -2.33. The Morgan fingerprint density at radius 1 is 1.17 bits per heavy atom. The molecule has 72 valence electrons. The zero-order chi connectivity index (χ0) is 9.94. The van der Waals surface area contributed by atoms with Crippen molar-refractivity contribution in [3.63, 3.8) is 0 Å². The van der Waals surface area contributed by atoms with Gasteiger partial charge >= 0.3 is 0 Å². The van der Waals surface area contributed by atoms with Gasteiger partial charge in [-0.3, -0.25) is 0 Å². The van der Waals surface area contributed by atoms with Gasteiger partial charge in [0.15, 0.2) is 0 Å². The zero-order valence-corrected chi connectivity index (χ0v) is 9.36. The maximum atomic E-state index is 4.08. The number of hydrogen-bond donors (Lipinski definition) is 1. The summed E-state index contributed by atoms with van der Waals surface area (Å²) in [5, 5.41) is 3.37. The number of allylic oxidation sites excluding steroid dienone is 1. The molecule has 0 rings (SSSR count). The van der Waals surface area contributed by atoms with Crippen LogP contribution in [0.1, 0.15) is 41.5 Å². The van der Waals surface area contributed by atoms with Gasteiger partial charge in [-0.05, 0) is 19.8 Å². The molecule has 0 aromatic rings. The van der Waals surface area contributed by atoms with Gasteiger partial charge in [0.25, 0.3) is 0 Å². The highest BCUT2D eigenvalue weighted by Gasteiger charge is 2.25. The van der Waals surface area contributed by atoms with Crippen molar-refractivity contribution in [3.05, 3.63) is 12.3 Å². The van der Waals surface area contributed by atoms with E-state index in [4.69, 9.17) is 0 Å². The van der Waals surface area contributed by atoms with Crippen molar-refractivity contribution >= 4 is 0 Å². The molecule has 0 aliphatic rings. The second-order valence-corrected chi connectivity index (χ2v) is 4.65. The molecule has 0 fully saturated rings. The van der Waals surface area contributed by atoms with Crippen molar-refractivity contribution < 1.29 is 0 Å². The van der Waals surface area contributed by atoms with Crippen LogP contribution < -0.4 is 5.32 Å². The van der Waals surface area contributed by atoms with Gasteiger partial charge in [-0.1, -0.05) is 34.3 Å². The third-order valence-corrected chi connectivity index (χ3v) is 2.68. The third kappa shape index (κ3) is 2.88.